The van der Waals surface area contributed by atoms with Crippen LogP contribution in [0.3, 0.4) is 0 Å². The first-order valence-electron chi connectivity index (χ1n) is 15.2. The Bertz CT molecular complexity index is 360. The number of hydrogen-bond donors (Lipinski definition) is 0. The summed E-state index contributed by atoms with van der Waals surface area (Å²) in [4.78, 5) is 0. The minimum absolute atomic E-state index is 1.35. The van der Waals surface area contributed by atoms with Crippen LogP contribution in [-0.4, -0.2) is 62.3 Å². The van der Waals surface area contributed by atoms with Gasteiger partial charge in [0, 0.05) is 0 Å². The first-order chi connectivity index (χ1) is 15.5. The third kappa shape index (κ3) is 15.7. The van der Waals surface area contributed by atoms with Crippen molar-refractivity contribution in [3.8, 4) is 0 Å². The van der Waals surface area contributed by atoms with Crippen molar-refractivity contribution in [1.29, 1.82) is 0 Å². The molecule has 0 atom stereocenters. The van der Waals surface area contributed by atoms with Crippen LogP contribution in [0.15, 0.2) is 0 Å². The Morgan fingerprint density at radius 2 is 0.562 bits per heavy atom. The second kappa shape index (κ2) is 19.2. The molecule has 192 valence electrons. The van der Waals surface area contributed by atoms with E-state index in [1.54, 1.807) is 0 Å². The van der Waals surface area contributed by atoms with E-state index in [0.29, 0.717) is 0 Å². The van der Waals surface area contributed by atoms with Gasteiger partial charge in [-0.05, 0) is 25.7 Å². The Morgan fingerprint density at radius 3 is 0.812 bits per heavy atom. The van der Waals surface area contributed by atoms with Crippen molar-refractivity contribution < 1.29 is 8.97 Å². The molecule has 0 radical (unpaired) electrons. The topological polar surface area (TPSA) is 0 Å². The van der Waals surface area contributed by atoms with Crippen molar-refractivity contribution in [2.75, 3.05) is 53.4 Å². The summed E-state index contributed by atoms with van der Waals surface area (Å²) < 4.78 is 2.70. The summed E-state index contributed by atoms with van der Waals surface area (Å²) in [5.74, 6) is 0. The van der Waals surface area contributed by atoms with E-state index in [2.05, 4.69) is 27.9 Å². The molecule has 0 aromatic carbocycles. The Kier molecular flexibility index (Phi) is 18.0. The van der Waals surface area contributed by atoms with E-state index in [1.165, 1.54) is 177 Å². The van der Waals surface area contributed by atoms with Gasteiger partial charge in [-0.15, -0.1) is 0 Å². The summed E-state index contributed by atoms with van der Waals surface area (Å²) in [6.45, 7) is 13.1. The minimum atomic E-state index is 1.35. The largest absolute Gasteiger partial charge is 0.317 e. The number of likely N-dealkylation sites (N-methyl/N-ethyl adjacent to an activating group) is 2. The molecule has 0 bridgehead atoms. The number of unbranched alkanes of at least 4 members (excludes halogenated alkanes) is 18. The number of nitrogens with zero attached hydrogens (tertiary/aromatic N) is 2. The maximum Gasteiger partial charge on any atom is 0.128 e. The maximum absolute atomic E-state index is 2.54. The molecular formula is C30H64N2+2. The fourth-order valence-electron chi connectivity index (χ4n) is 5.60. The molecule has 0 unspecified atom stereocenters. The van der Waals surface area contributed by atoms with Crippen molar-refractivity contribution in [3.05, 3.63) is 0 Å². The molecule has 32 heavy (non-hydrogen) atoms. The second-order valence-corrected chi connectivity index (χ2v) is 11.9. The van der Waals surface area contributed by atoms with E-state index >= 15 is 0 Å². The molecule has 2 heteroatoms. The highest BCUT2D eigenvalue weighted by atomic mass is 15.4. The lowest BCUT2D eigenvalue weighted by molar-refractivity contribution is -1.02. The molecule has 1 aliphatic heterocycles. The van der Waals surface area contributed by atoms with Gasteiger partial charge in [-0.3, -0.25) is 0 Å². The quantitative estimate of drug-likeness (QED) is 0.114. The van der Waals surface area contributed by atoms with Crippen molar-refractivity contribution in [1.82, 2.24) is 0 Å². The molecule has 1 saturated heterocycles. The first kappa shape index (κ1) is 30.0. The van der Waals surface area contributed by atoms with Crippen molar-refractivity contribution in [3.63, 3.8) is 0 Å². The Hall–Kier alpha value is -0.0800. The van der Waals surface area contributed by atoms with Crippen LogP contribution in [0, 0.1) is 0 Å². The van der Waals surface area contributed by atoms with Gasteiger partial charge >= 0.3 is 0 Å². The van der Waals surface area contributed by atoms with Gasteiger partial charge in [-0.25, -0.2) is 0 Å². The summed E-state index contributed by atoms with van der Waals surface area (Å²) in [6, 6.07) is 0. The Morgan fingerprint density at radius 1 is 0.344 bits per heavy atom. The number of piperazine rings is 1. The zero-order chi connectivity index (χ0) is 23.4. The van der Waals surface area contributed by atoms with E-state index in [9.17, 15) is 0 Å². The summed E-state index contributed by atoms with van der Waals surface area (Å²) in [7, 11) is 5.08. The van der Waals surface area contributed by atoms with E-state index in [4.69, 9.17) is 0 Å². The van der Waals surface area contributed by atoms with Gasteiger partial charge in [0.15, 0.2) is 0 Å². The minimum Gasteiger partial charge on any atom is -0.317 e. The average molecular weight is 453 g/mol. The summed E-state index contributed by atoms with van der Waals surface area (Å²) in [5, 5.41) is 0. The van der Waals surface area contributed by atoms with Gasteiger partial charge in [0.05, 0.1) is 27.2 Å². The van der Waals surface area contributed by atoms with E-state index in [-0.39, 0.29) is 0 Å². The highest BCUT2D eigenvalue weighted by Crippen LogP contribution is 2.20. The average Bonchev–Trinajstić information content (AvgIpc) is 2.79. The monoisotopic (exact) mass is 453 g/mol. The van der Waals surface area contributed by atoms with Gasteiger partial charge in [0.1, 0.15) is 26.2 Å². The van der Waals surface area contributed by atoms with Crippen LogP contribution in [-0.2, 0) is 0 Å². The smallest absolute Gasteiger partial charge is 0.128 e. The summed E-state index contributed by atoms with van der Waals surface area (Å²) >= 11 is 0. The molecule has 0 saturated carbocycles. The van der Waals surface area contributed by atoms with Gasteiger partial charge in [0.25, 0.3) is 0 Å². The SMILES string of the molecule is CCCCCCCCCCCC[N+]1(C)CC[N+](C)(CCCCCCCCCCCC)CC1. The van der Waals surface area contributed by atoms with Gasteiger partial charge in [-0.1, -0.05) is 117 Å². The number of quaternary nitrogens is 2. The Balaban J connectivity index is 1.97. The zero-order valence-electron chi connectivity index (χ0n) is 23.3. The van der Waals surface area contributed by atoms with Crippen LogP contribution in [0.1, 0.15) is 142 Å². The highest BCUT2D eigenvalue weighted by Gasteiger charge is 2.36. The van der Waals surface area contributed by atoms with Crippen LogP contribution in [0.2, 0.25) is 0 Å². The molecule has 2 nitrogen and oxygen atoms in total. The molecule has 1 rings (SSSR count). The molecule has 1 fully saturated rings. The third-order valence-corrected chi connectivity index (χ3v) is 8.46. The fraction of sp³-hybridized carbons (Fsp3) is 1.00. The molecule has 0 N–H and O–H groups in total. The maximum atomic E-state index is 2.54. The molecule has 1 heterocycles. The zero-order valence-corrected chi connectivity index (χ0v) is 23.3. The van der Waals surface area contributed by atoms with Crippen LogP contribution in [0.25, 0.3) is 0 Å². The van der Waals surface area contributed by atoms with E-state index in [1.807, 2.05) is 0 Å². The lowest BCUT2D eigenvalue weighted by atomic mass is 10.1. The van der Waals surface area contributed by atoms with Crippen LogP contribution < -0.4 is 0 Å². The standard InChI is InChI=1S/C30H64N2/c1-5-7-9-11-13-15-17-19-21-23-25-31(3)27-29-32(4,30-28-31)26-24-22-20-18-16-14-12-10-8-6-2/h5-30H2,1-4H3/q+2. The highest BCUT2D eigenvalue weighted by molar-refractivity contribution is 4.54. The number of rotatable bonds is 22. The van der Waals surface area contributed by atoms with Gasteiger partial charge < -0.3 is 8.97 Å². The normalized spacial score (nSPS) is 23.6. The second-order valence-electron chi connectivity index (χ2n) is 11.9. The van der Waals surface area contributed by atoms with Crippen LogP contribution in [0.5, 0.6) is 0 Å². The predicted molar refractivity (Wildman–Crippen MR) is 145 cm³/mol. The van der Waals surface area contributed by atoms with Gasteiger partial charge in [-0.2, -0.15) is 0 Å². The molecule has 0 aromatic heterocycles. The first-order valence-corrected chi connectivity index (χ1v) is 15.2. The lowest BCUT2D eigenvalue weighted by Gasteiger charge is -2.46. The predicted octanol–water partition coefficient (Wildman–Crippen LogP) is 8.74. The molecule has 0 aliphatic carbocycles. The van der Waals surface area contributed by atoms with E-state index < -0.39 is 0 Å². The molecule has 0 spiro atoms. The van der Waals surface area contributed by atoms with Crippen LogP contribution in [0.4, 0.5) is 0 Å². The van der Waals surface area contributed by atoms with Crippen LogP contribution >= 0.6 is 0 Å². The molecule has 0 aromatic rings. The lowest BCUT2D eigenvalue weighted by Crippen LogP contribution is -2.64. The van der Waals surface area contributed by atoms with Crippen molar-refractivity contribution in [2.24, 2.45) is 0 Å². The van der Waals surface area contributed by atoms with E-state index in [0.717, 1.165) is 0 Å². The summed E-state index contributed by atoms with van der Waals surface area (Å²) in [6.07, 6.45) is 29.1. The van der Waals surface area contributed by atoms with Crippen molar-refractivity contribution in [2.45, 2.75) is 142 Å². The molecule has 0 amide bonds. The molecule has 1 aliphatic rings. The summed E-state index contributed by atoms with van der Waals surface area (Å²) in [5.41, 5.74) is 0. The van der Waals surface area contributed by atoms with Gasteiger partial charge in [0.2, 0.25) is 0 Å². The molecular weight excluding hydrogens is 388 g/mol. The Labute approximate surface area is 204 Å². The number of hydrogen-bond acceptors (Lipinski definition) is 0. The van der Waals surface area contributed by atoms with Crippen molar-refractivity contribution >= 4 is 0 Å². The fourth-order valence-corrected chi connectivity index (χ4v) is 5.60. The third-order valence-electron chi connectivity index (χ3n) is 8.46.